The second-order valence-corrected chi connectivity index (χ2v) is 5.03. The Hall–Kier alpha value is -2.55. The zero-order chi connectivity index (χ0) is 14.5. The molecule has 0 saturated heterocycles. The first-order valence-corrected chi connectivity index (χ1v) is 7.09. The molecule has 21 heavy (non-hydrogen) atoms. The summed E-state index contributed by atoms with van der Waals surface area (Å²) in [6, 6.07) is 16.6. The maximum Gasteiger partial charge on any atom is 0.128 e. The maximum absolute atomic E-state index is 5.94. The molecule has 0 radical (unpaired) electrons. The number of nitrogens with zero attached hydrogens (tertiary/aromatic N) is 1. The van der Waals surface area contributed by atoms with Crippen molar-refractivity contribution in [2.75, 3.05) is 6.61 Å². The molecule has 3 rings (SSSR count). The number of aromatic amines is 1. The lowest BCUT2D eigenvalue weighted by Gasteiger charge is -2.10. The predicted molar refractivity (Wildman–Crippen MR) is 84.4 cm³/mol. The van der Waals surface area contributed by atoms with Gasteiger partial charge in [-0.15, -0.1) is 0 Å². The van der Waals surface area contributed by atoms with E-state index < -0.39 is 0 Å². The van der Waals surface area contributed by atoms with Gasteiger partial charge in [-0.05, 0) is 24.6 Å². The Balaban J connectivity index is 1.67. The summed E-state index contributed by atoms with van der Waals surface area (Å²) >= 11 is 0. The quantitative estimate of drug-likeness (QED) is 0.765. The summed E-state index contributed by atoms with van der Waals surface area (Å²) in [6.45, 7) is 2.75. The van der Waals surface area contributed by atoms with Crippen LogP contribution in [0.4, 0.5) is 0 Å². The van der Waals surface area contributed by atoms with Gasteiger partial charge < -0.3 is 9.72 Å². The van der Waals surface area contributed by atoms with Crippen molar-refractivity contribution in [3.8, 4) is 17.0 Å². The number of aryl methyl sites for hydroxylation is 1. The van der Waals surface area contributed by atoms with Crippen LogP contribution in [0.2, 0.25) is 0 Å². The summed E-state index contributed by atoms with van der Waals surface area (Å²) in [6.07, 6.45) is 4.45. The van der Waals surface area contributed by atoms with Gasteiger partial charge in [0.1, 0.15) is 5.75 Å². The van der Waals surface area contributed by atoms with E-state index in [-0.39, 0.29) is 0 Å². The normalized spacial score (nSPS) is 10.5. The molecule has 0 amide bonds. The first kappa shape index (κ1) is 13.4. The summed E-state index contributed by atoms with van der Waals surface area (Å²) in [4.78, 5) is 7.26. The lowest BCUT2D eigenvalue weighted by atomic mass is 10.1. The summed E-state index contributed by atoms with van der Waals surface area (Å²) < 4.78 is 5.94. The molecular formula is C18H18N2O. The fourth-order valence-corrected chi connectivity index (χ4v) is 2.25. The van der Waals surface area contributed by atoms with Crippen LogP contribution in [0.3, 0.4) is 0 Å². The van der Waals surface area contributed by atoms with E-state index >= 15 is 0 Å². The number of benzene rings is 2. The van der Waals surface area contributed by atoms with Crippen molar-refractivity contribution in [3.63, 3.8) is 0 Å². The van der Waals surface area contributed by atoms with Gasteiger partial charge in [0.2, 0.25) is 0 Å². The van der Waals surface area contributed by atoms with E-state index in [9.17, 15) is 0 Å². The maximum atomic E-state index is 5.94. The second kappa shape index (κ2) is 6.27. The summed E-state index contributed by atoms with van der Waals surface area (Å²) in [5.41, 5.74) is 4.49. The van der Waals surface area contributed by atoms with Gasteiger partial charge in [0.15, 0.2) is 0 Å². The minimum absolute atomic E-state index is 0.657. The lowest BCUT2D eigenvalue weighted by Crippen LogP contribution is -2.02. The van der Waals surface area contributed by atoms with Crippen molar-refractivity contribution in [2.24, 2.45) is 0 Å². The standard InChI is InChI=1S/C18H18N2O/c1-14-6-8-15(9-7-14)10-11-21-18-5-3-2-4-16(18)17-12-19-13-20-17/h2-9,12-13H,10-11H2,1H3,(H,19,20). The SMILES string of the molecule is Cc1ccc(CCOc2ccccc2-c2c[nH]cn2)cc1. The molecule has 3 aromatic rings. The first-order chi connectivity index (χ1) is 10.3. The molecule has 106 valence electrons. The third kappa shape index (κ3) is 3.31. The number of rotatable bonds is 5. The number of imidazole rings is 1. The van der Waals surface area contributed by atoms with E-state index in [4.69, 9.17) is 4.74 Å². The van der Waals surface area contributed by atoms with Crippen molar-refractivity contribution in [1.82, 2.24) is 9.97 Å². The molecule has 3 heteroatoms. The summed E-state index contributed by atoms with van der Waals surface area (Å²) in [5.74, 6) is 0.872. The molecule has 1 heterocycles. The molecule has 1 N–H and O–H groups in total. The Morgan fingerprint density at radius 1 is 1.05 bits per heavy atom. The first-order valence-electron chi connectivity index (χ1n) is 7.09. The Morgan fingerprint density at radius 3 is 2.62 bits per heavy atom. The van der Waals surface area contributed by atoms with Crippen molar-refractivity contribution >= 4 is 0 Å². The van der Waals surface area contributed by atoms with Crippen LogP contribution in [0.15, 0.2) is 61.1 Å². The Bertz CT molecular complexity index is 688. The molecule has 0 atom stereocenters. The van der Waals surface area contributed by atoms with Gasteiger partial charge in [0, 0.05) is 18.2 Å². The second-order valence-electron chi connectivity index (χ2n) is 5.03. The van der Waals surface area contributed by atoms with E-state index in [1.54, 1.807) is 6.33 Å². The molecule has 0 fully saturated rings. The molecule has 1 aromatic heterocycles. The van der Waals surface area contributed by atoms with Gasteiger partial charge >= 0.3 is 0 Å². The van der Waals surface area contributed by atoms with Crippen LogP contribution < -0.4 is 4.74 Å². The van der Waals surface area contributed by atoms with Crippen molar-refractivity contribution in [3.05, 3.63) is 72.2 Å². The zero-order valence-corrected chi connectivity index (χ0v) is 12.0. The van der Waals surface area contributed by atoms with Crippen molar-refractivity contribution in [2.45, 2.75) is 13.3 Å². The van der Waals surface area contributed by atoms with E-state index in [1.807, 2.05) is 30.5 Å². The Labute approximate surface area is 124 Å². The van der Waals surface area contributed by atoms with Gasteiger partial charge in [-0.3, -0.25) is 0 Å². The highest BCUT2D eigenvalue weighted by atomic mass is 16.5. The van der Waals surface area contributed by atoms with Gasteiger partial charge in [-0.25, -0.2) is 4.98 Å². The number of para-hydroxylation sites is 1. The van der Waals surface area contributed by atoms with Crippen LogP contribution in [-0.2, 0) is 6.42 Å². The highest BCUT2D eigenvalue weighted by Gasteiger charge is 2.07. The lowest BCUT2D eigenvalue weighted by molar-refractivity contribution is 0.323. The molecule has 0 unspecified atom stereocenters. The number of hydrogen-bond donors (Lipinski definition) is 1. The Morgan fingerprint density at radius 2 is 1.86 bits per heavy atom. The van der Waals surface area contributed by atoms with E-state index in [2.05, 4.69) is 41.2 Å². The number of H-pyrrole nitrogens is 1. The van der Waals surface area contributed by atoms with E-state index in [0.29, 0.717) is 6.61 Å². The van der Waals surface area contributed by atoms with Crippen LogP contribution >= 0.6 is 0 Å². The molecule has 3 nitrogen and oxygen atoms in total. The molecule has 0 aliphatic heterocycles. The van der Waals surface area contributed by atoms with Crippen LogP contribution in [0.1, 0.15) is 11.1 Å². The number of ether oxygens (including phenoxy) is 1. The minimum Gasteiger partial charge on any atom is -0.493 e. The summed E-state index contributed by atoms with van der Waals surface area (Å²) in [5, 5.41) is 0. The third-order valence-electron chi connectivity index (χ3n) is 3.43. The average molecular weight is 278 g/mol. The molecule has 0 spiro atoms. The van der Waals surface area contributed by atoms with Crippen LogP contribution in [0, 0.1) is 6.92 Å². The van der Waals surface area contributed by atoms with Crippen LogP contribution in [0.25, 0.3) is 11.3 Å². The zero-order valence-electron chi connectivity index (χ0n) is 12.0. The van der Waals surface area contributed by atoms with Gasteiger partial charge in [0.25, 0.3) is 0 Å². The highest BCUT2D eigenvalue weighted by Crippen LogP contribution is 2.27. The number of aromatic nitrogens is 2. The van der Waals surface area contributed by atoms with Crippen LogP contribution in [-0.4, -0.2) is 16.6 Å². The molecular weight excluding hydrogens is 260 g/mol. The predicted octanol–water partition coefficient (Wildman–Crippen LogP) is 4.01. The fourth-order valence-electron chi connectivity index (χ4n) is 2.25. The Kier molecular flexibility index (Phi) is 4.01. The van der Waals surface area contributed by atoms with Gasteiger partial charge in [0.05, 0.1) is 18.6 Å². The largest absolute Gasteiger partial charge is 0.493 e. The molecule has 0 aliphatic rings. The smallest absolute Gasteiger partial charge is 0.128 e. The molecule has 0 aliphatic carbocycles. The average Bonchev–Trinajstić information content (AvgIpc) is 3.04. The topological polar surface area (TPSA) is 37.9 Å². The number of hydrogen-bond acceptors (Lipinski definition) is 2. The van der Waals surface area contributed by atoms with Gasteiger partial charge in [-0.2, -0.15) is 0 Å². The molecule has 0 saturated carbocycles. The van der Waals surface area contributed by atoms with Gasteiger partial charge in [-0.1, -0.05) is 42.0 Å². The van der Waals surface area contributed by atoms with Crippen molar-refractivity contribution in [1.29, 1.82) is 0 Å². The van der Waals surface area contributed by atoms with Crippen molar-refractivity contribution < 1.29 is 4.74 Å². The monoisotopic (exact) mass is 278 g/mol. The highest BCUT2D eigenvalue weighted by molar-refractivity contribution is 5.66. The van der Waals surface area contributed by atoms with E-state index in [1.165, 1.54) is 11.1 Å². The third-order valence-corrected chi connectivity index (χ3v) is 3.43. The van der Waals surface area contributed by atoms with Crippen LogP contribution in [0.5, 0.6) is 5.75 Å². The minimum atomic E-state index is 0.657. The van der Waals surface area contributed by atoms with E-state index in [0.717, 1.165) is 23.4 Å². The summed E-state index contributed by atoms with van der Waals surface area (Å²) in [7, 11) is 0. The molecule has 2 aromatic carbocycles. The fraction of sp³-hybridized carbons (Fsp3) is 0.167. The molecule has 0 bridgehead atoms. The number of nitrogens with one attached hydrogen (secondary N) is 1.